The third kappa shape index (κ3) is 3.30. The minimum absolute atomic E-state index is 0.695. The van der Waals surface area contributed by atoms with Crippen LogP contribution in [-0.2, 0) is 14.2 Å². The van der Waals surface area contributed by atoms with Crippen LogP contribution in [0, 0.1) is 0 Å². The van der Waals surface area contributed by atoms with Crippen molar-refractivity contribution in [3.63, 3.8) is 0 Å². The van der Waals surface area contributed by atoms with Crippen LogP contribution >= 0.6 is 0 Å². The molecule has 2 aliphatic rings. The quantitative estimate of drug-likeness (QED) is 0.235. The predicted molar refractivity (Wildman–Crippen MR) is 73.2 cm³/mol. The van der Waals surface area contributed by atoms with E-state index in [0.29, 0.717) is 0 Å². The third-order valence-corrected chi connectivity index (χ3v) is 4.31. The first-order valence-electron chi connectivity index (χ1n) is 7.49. The molecule has 0 aromatic heterocycles. The zero-order valence-corrected chi connectivity index (χ0v) is 12.9. The zero-order chi connectivity index (χ0) is 18.2. The summed E-state index contributed by atoms with van der Waals surface area (Å²) >= 11 is 0. The molecule has 0 amide bonds. The van der Waals surface area contributed by atoms with Gasteiger partial charge in [0.1, 0.15) is 49.3 Å². The highest BCUT2D eigenvalue weighted by molar-refractivity contribution is 4.99. The molecule has 11 heteroatoms. The number of ether oxygens (including phenoxy) is 3. The van der Waals surface area contributed by atoms with Crippen LogP contribution in [0.15, 0.2) is 0 Å². The van der Waals surface area contributed by atoms with Crippen LogP contribution in [0.25, 0.3) is 0 Å². The monoisotopic (exact) mass is 356 g/mol. The maximum Gasteiger partial charge on any atom is 0.224 e. The summed E-state index contributed by atoms with van der Waals surface area (Å²) in [6.45, 7) is -0.370. The van der Waals surface area contributed by atoms with Crippen molar-refractivity contribution in [2.75, 3.05) is 13.2 Å². The molecular formula is C13H24O11. The Morgan fingerprint density at radius 3 is 2.08 bits per heavy atom. The van der Waals surface area contributed by atoms with Crippen molar-refractivity contribution >= 4 is 0 Å². The second kappa shape index (κ2) is 7.43. The summed E-state index contributed by atoms with van der Waals surface area (Å²) in [5.41, 5.74) is 0. The number of rotatable bonds is 5. The van der Waals surface area contributed by atoms with E-state index in [1.165, 1.54) is 6.92 Å². The molecule has 0 bridgehead atoms. The molecule has 142 valence electrons. The van der Waals surface area contributed by atoms with E-state index in [-0.39, 0.29) is 0 Å². The Bertz CT molecular complexity index is 419. The highest BCUT2D eigenvalue weighted by Gasteiger charge is 2.59. The molecule has 8 N–H and O–H groups in total. The van der Waals surface area contributed by atoms with Gasteiger partial charge in [0.25, 0.3) is 0 Å². The van der Waals surface area contributed by atoms with Crippen molar-refractivity contribution in [1.82, 2.24) is 0 Å². The third-order valence-electron chi connectivity index (χ3n) is 4.31. The van der Waals surface area contributed by atoms with Crippen molar-refractivity contribution in [3.05, 3.63) is 0 Å². The Hall–Kier alpha value is -0.440. The number of hydrogen-bond donors (Lipinski definition) is 8. The average molecular weight is 356 g/mol. The van der Waals surface area contributed by atoms with Crippen molar-refractivity contribution in [2.45, 2.75) is 67.8 Å². The maximum atomic E-state index is 10.1. The van der Waals surface area contributed by atoms with Crippen LogP contribution < -0.4 is 0 Å². The van der Waals surface area contributed by atoms with Crippen molar-refractivity contribution in [1.29, 1.82) is 0 Å². The highest BCUT2D eigenvalue weighted by atomic mass is 16.8. The molecule has 2 rings (SSSR count). The molecule has 0 radical (unpaired) electrons. The molecule has 2 heterocycles. The van der Waals surface area contributed by atoms with E-state index in [2.05, 4.69) is 0 Å². The number of aliphatic hydroxyl groups excluding tert-OH is 8. The summed E-state index contributed by atoms with van der Waals surface area (Å²) in [7, 11) is 0. The van der Waals surface area contributed by atoms with Crippen molar-refractivity contribution in [2.24, 2.45) is 0 Å². The van der Waals surface area contributed by atoms with Gasteiger partial charge in [0.15, 0.2) is 6.29 Å². The molecule has 2 fully saturated rings. The summed E-state index contributed by atoms with van der Waals surface area (Å²) in [6, 6.07) is 0. The van der Waals surface area contributed by atoms with Gasteiger partial charge in [0.05, 0.1) is 12.7 Å². The fraction of sp³-hybridized carbons (Fsp3) is 1.00. The van der Waals surface area contributed by atoms with Gasteiger partial charge in [-0.15, -0.1) is 0 Å². The molecule has 2 saturated heterocycles. The Kier molecular flexibility index (Phi) is 6.16. The van der Waals surface area contributed by atoms with Gasteiger partial charge in [-0.05, 0) is 6.92 Å². The molecular weight excluding hydrogens is 332 g/mol. The van der Waals surface area contributed by atoms with E-state index < -0.39 is 74.1 Å². The summed E-state index contributed by atoms with van der Waals surface area (Å²) in [5, 5.41) is 77.7. The van der Waals surface area contributed by atoms with Gasteiger partial charge in [-0.25, -0.2) is 0 Å². The van der Waals surface area contributed by atoms with Gasteiger partial charge >= 0.3 is 0 Å². The van der Waals surface area contributed by atoms with E-state index in [1.807, 2.05) is 0 Å². The lowest BCUT2D eigenvalue weighted by Crippen LogP contribution is -2.62. The Morgan fingerprint density at radius 2 is 1.62 bits per heavy atom. The van der Waals surface area contributed by atoms with Crippen LogP contribution in [0.5, 0.6) is 0 Å². The first-order chi connectivity index (χ1) is 11.2. The van der Waals surface area contributed by atoms with Crippen LogP contribution in [0.1, 0.15) is 6.92 Å². The highest BCUT2D eigenvalue weighted by Crippen LogP contribution is 2.36. The van der Waals surface area contributed by atoms with E-state index >= 15 is 0 Å². The van der Waals surface area contributed by atoms with Gasteiger partial charge < -0.3 is 55.1 Å². The average Bonchev–Trinajstić information content (AvgIpc) is 2.81. The normalized spacial score (nSPS) is 50.9. The fourth-order valence-electron chi connectivity index (χ4n) is 2.82. The van der Waals surface area contributed by atoms with Gasteiger partial charge in [0.2, 0.25) is 5.79 Å². The van der Waals surface area contributed by atoms with Crippen LogP contribution in [-0.4, -0.2) is 115 Å². The number of hydrogen-bond acceptors (Lipinski definition) is 11. The lowest BCUT2D eigenvalue weighted by molar-refractivity contribution is -0.384. The zero-order valence-electron chi connectivity index (χ0n) is 12.9. The molecule has 0 spiro atoms. The molecule has 0 aromatic rings. The molecule has 10 atom stereocenters. The lowest BCUT2D eigenvalue weighted by atomic mass is 9.98. The largest absolute Gasteiger partial charge is 0.394 e. The summed E-state index contributed by atoms with van der Waals surface area (Å²) in [5.74, 6) is -2.24. The predicted octanol–water partition coefficient (Wildman–Crippen LogP) is -5.01. The first-order valence-corrected chi connectivity index (χ1v) is 7.49. The maximum absolute atomic E-state index is 10.1. The summed E-state index contributed by atoms with van der Waals surface area (Å²) < 4.78 is 15.6. The van der Waals surface area contributed by atoms with Crippen LogP contribution in [0.4, 0.5) is 0 Å². The van der Waals surface area contributed by atoms with Crippen molar-refractivity contribution < 1.29 is 55.1 Å². The van der Waals surface area contributed by atoms with Gasteiger partial charge in [-0.3, -0.25) is 0 Å². The van der Waals surface area contributed by atoms with Gasteiger partial charge in [-0.2, -0.15) is 0 Å². The standard InChI is InChI=1S/C13H24O11/c1-4(16)10-9(20)11(21)13(3-15,23-10)24-12-8(19)7(18)6(17)5(2-14)22-12/h4-12,14-21H,2-3H2,1H3/t4-,5-,6-,7+,8-,9-,10-,11+,12-,13+/m1/s1. The van der Waals surface area contributed by atoms with E-state index in [9.17, 15) is 35.7 Å². The van der Waals surface area contributed by atoms with E-state index in [0.717, 1.165) is 0 Å². The van der Waals surface area contributed by atoms with Crippen LogP contribution in [0.3, 0.4) is 0 Å². The molecule has 0 aliphatic carbocycles. The van der Waals surface area contributed by atoms with Crippen molar-refractivity contribution in [3.8, 4) is 0 Å². The first kappa shape index (κ1) is 19.9. The summed E-state index contributed by atoms with van der Waals surface area (Å²) in [4.78, 5) is 0. The minimum atomic E-state index is -2.24. The second-order valence-corrected chi connectivity index (χ2v) is 6.04. The number of aliphatic hydroxyl groups is 8. The van der Waals surface area contributed by atoms with E-state index in [1.54, 1.807) is 0 Å². The fourth-order valence-corrected chi connectivity index (χ4v) is 2.82. The van der Waals surface area contributed by atoms with E-state index in [4.69, 9.17) is 19.3 Å². The van der Waals surface area contributed by atoms with Crippen LogP contribution in [0.2, 0.25) is 0 Å². The Balaban J connectivity index is 2.20. The Morgan fingerprint density at radius 1 is 1.00 bits per heavy atom. The molecule has 11 nitrogen and oxygen atoms in total. The lowest BCUT2D eigenvalue weighted by Gasteiger charge is -2.43. The molecule has 2 aliphatic heterocycles. The molecule has 0 aromatic carbocycles. The topological polar surface area (TPSA) is 190 Å². The minimum Gasteiger partial charge on any atom is -0.394 e. The van der Waals surface area contributed by atoms with Gasteiger partial charge in [-0.1, -0.05) is 0 Å². The van der Waals surface area contributed by atoms with Gasteiger partial charge in [0, 0.05) is 0 Å². The molecule has 0 unspecified atom stereocenters. The molecule has 24 heavy (non-hydrogen) atoms. The SMILES string of the molecule is C[C@@H](O)[C@H]1O[C@@](CO)(O[C@H]2O[C@H](CO)[C@@H](O)[C@H](O)[C@H]2O)[C@@H](O)[C@@H]1O. The summed E-state index contributed by atoms with van der Waals surface area (Å²) in [6.07, 6.45) is -14.0. The molecule has 0 saturated carbocycles. The second-order valence-electron chi connectivity index (χ2n) is 6.04. The smallest absolute Gasteiger partial charge is 0.224 e. The Labute approximate surface area is 137 Å².